The Morgan fingerprint density at radius 1 is 0.667 bits per heavy atom. The van der Waals surface area contributed by atoms with Gasteiger partial charge < -0.3 is 9.05 Å². The molecular weight excluding hydrogens is 228 g/mol. The van der Waals surface area contributed by atoms with E-state index in [1.807, 2.05) is 36.4 Å². The molecule has 0 atom stereocenters. The third-order valence-corrected chi connectivity index (χ3v) is 3.51. The molecule has 0 amide bonds. The summed E-state index contributed by atoms with van der Waals surface area (Å²) in [5.74, 6) is 0. The quantitative estimate of drug-likeness (QED) is 0.383. The number of hydrogen-bond donors (Lipinski definition) is 0. The van der Waals surface area contributed by atoms with Gasteiger partial charge in [-0.05, 0) is 12.1 Å². The summed E-state index contributed by atoms with van der Waals surface area (Å²) < 4.78 is 10.8. The molecule has 4 nitrogen and oxygen atoms in total. The second kappa shape index (κ2) is 2.61. The van der Waals surface area contributed by atoms with Crippen molar-refractivity contribution in [1.82, 2.24) is 10.3 Å². The highest BCUT2D eigenvalue weighted by molar-refractivity contribution is 6.29. The van der Waals surface area contributed by atoms with Gasteiger partial charge in [0.25, 0.3) is 0 Å². The van der Waals surface area contributed by atoms with Crippen LogP contribution in [0.4, 0.5) is 0 Å². The van der Waals surface area contributed by atoms with Gasteiger partial charge in [0.1, 0.15) is 11.0 Å². The summed E-state index contributed by atoms with van der Waals surface area (Å²) in [7, 11) is 0. The number of nitrogens with zero attached hydrogens (tertiary/aromatic N) is 2. The van der Waals surface area contributed by atoms with Gasteiger partial charge in [0.15, 0.2) is 11.2 Å². The highest BCUT2D eigenvalue weighted by atomic mass is 16.5. The molecule has 84 valence electrons. The number of benzene rings is 3. The lowest BCUT2D eigenvalue weighted by atomic mass is 10.0. The van der Waals surface area contributed by atoms with Crippen LogP contribution in [0.5, 0.6) is 0 Å². The Hall–Kier alpha value is -2.62. The number of fused-ring (bicyclic) bond motifs is 2. The fourth-order valence-electron chi connectivity index (χ4n) is 2.75. The number of aromatic nitrogens is 2. The molecule has 0 spiro atoms. The summed E-state index contributed by atoms with van der Waals surface area (Å²) in [5, 5.41) is 12.5. The Balaban J connectivity index is 2.35. The Kier molecular flexibility index (Phi) is 1.23. The fourth-order valence-corrected chi connectivity index (χ4v) is 2.75. The maximum absolute atomic E-state index is 5.38. The lowest BCUT2D eigenvalue weighted by Crippen LogP contribution is -1.80. The molecule has 0 fully saturated rings. The lowest BCUT2D eigenvalue weighted by molar-refractivity contribution is 0.465. The molecule has 0 N–H and O–H groups in total. The Morgan fingerprint density at radius 3 is 1.67 bits per heavy atom. The van der Waals surface area contributed by atoms with Gasteiger partial charge in [-0.3, -0.25) is 0 Å². The molecule has 2 heterocycles. The van der Waals surface area contributed by atoms with Crippen molar-refractivity contribution in [1.29, 1.82) is 0 Å². The average molecular weight is 234 g/mol. The van der Waals surface area contributed by atoms with Crippen LogP contribution >= 0.6 is 0 Å². The maximum Gasteiger partial charge on any atom is 0.168 e. The molecule has 4 heteroatoms. The number of rotatable bonds is 0. The van der Waals surface area contributed by atoms with E-state index in [0.29, 0.717) is 0 Å². The standard InChI is InChI=1S/C14H6N2O2/c1-3-7-11-9(5-1)17-16-14(11)8-4-2-6-10-12(8)13(7)15-18-10/h1-6H. The smallest absolute Gasteiger partial charge is 0.168 e. The topological polar surface area (TPSA) is 52.1 Å². The molecule has 0 bridgehead atoms. The van der Waals surface area contributed by atoms with E-state index in [1.165, 1.54) is 0 Å². The molecule has 0 aliphatic heterocycles. The molecule has 2 aromatic heterocycles. The van der Waals surface area contributed by atoms with Crippen molar-refractivity contribution in [3.8, 4) is 0 Å². The van der Waals surface area contributed by atoms with Crippen LogP contribution in [0.25, 0.3) is 43.7 Å². The summed E-state index contributed by atoms with van der Waals surface area (Å²) in [6.45, 7) is 0. The van der Waals surface area contributed by atoms with Crippen LogP contribution in [0.1, 0.15) is 0 Å². The van der Waals surface area contributed by atoms with Crippen molar-refractivity contribution in [2.45, 2.75) is 0 Å². The van der Waals surface area contributed by atoms with E-state index in [1.54, 1.807) is 0 Å². The Bertz CT molecular complexity index is 941. The zero-order valence-corrected chi connectivity index (χ0v) is 9.18. The predicted molar refractivity (Wildman–Crippen MR) is 67.8 cm³/mol. The van der Waals surface area contributed by atoms with Gasteiger partial charge in [-0.25, -0.2) is 0 Å². The third-order valence-electron chi connectivity index (χ3n) is 3.51. The molecule has 0 saturated carbocycles. The molecule has 5 rings (SSSR count). The second-order valence-corrected chi connectivity index (χ2v) is 4.42. The van der Waals surface area contributed by atoms with Gasteiger partial charge in [-0.2, -0.15) is 0 Å². The molecule has 5 aromatic rings. The minimum absolute atomic E-state index is 0.785. The van der Waals surface area contributed by atoms with Crippen LogP contribution in [0.3, 0.4) is 0 Å². The minimum atomic E-state index is 0.785. The molecule has 0 unspecified atom stereocenters. The van der Waals surface area contributed by atoms with Crippen molar-refractivity contribution in [3.05, 3.63) is 36.4 Å². The summed E-state index contributed by atoms with van der Waals surface area (Å²) in [6.07, 6.45) is 0. The first-order valence-corrected chi connectivity index (χ1v) is 5.71. The van der Waals surface area contributed by atoms with E-state index >= 15 is 0 Å². The van der Waals surface area contributed by atoms with Crippen molar-refractivity contribution < 1.29 is 9.05 Å². The summed E-state index contributed by atoms with van der Waals surface area (Å²) in [4.78, 5) is 0. The van der Waals surface area contributed by atoms with Gasteiger partial charge in [0, 0.05) is 10.8 Å². The molecule has 0 saturated heterocycles. The molecule has 0 radical (unpaired) electrons. The van der Waals surface area contributed by atoms with Gasteiger partial charge in [-0.15, -0.1) is 0 Å². The Labute approximate surface area is 100 Å². The first kappa shape index (κ1) is 8.47. The largest absolute Gasteiger partial charge is 0.356 e. The van der Waals surface area contributed by atoms with Crippen molar-refractivity contribution >= 4 is 43.7 Å². The normalized spacial score (nSPS) is 12.4. The summed E-state index contributed by atoms with van der Waals surface area (Å²) in [6, 6.07) is 11.8. The van der Waals surface area contributed by atoms with Crippen LogP contribution in [0.15, 0.2) is 45.4 Å². The van der Waals surface area contributed by atoms with Crippen molar-refractivity contribution in [2.75, 3.05) is 0 Å². The van der Waals surface area contributed by atoms with E-state index in [9.17, 15) is 0 Å². The first-order valence-electron chi connectivity index (χ1n) is 5.71. The van der Waals surface area contributed by atoms with E-state index < -0.39 is 0 Å². The lowest BCUT2D eigenvalue weighted by Gasteiger charge is -1.99. The van der Waals surface area contributed by atoms with E-state index in [2.05, 4.69) is 10.3 Å². The molecule has 0 aliphatic rings. The number of hydrogen-bond acceptors (Lipinski definition) is 4. The van der Waals surface area contributed by atoms with Crippen molar-refractivity contribution in [2.24, 2.45) is 0 Å². The van der Waals surface area contributed by atoms with E-state index in [-0.39, 0.29) is 0 Å². The van der Waals surface area contributed by atoms with Crippen LogP contribution in [-0.2, 0) is 0 Å². The molecular formula is C14H6N2O2. The summed E-state index contributed by atoms with van der Waals surface area (Å²) in [5.41, 5.74) is 3.32. The zero-order valence-electron chi connectivity index (χ0n) is 9.18. The van der Waals surface area contributed by atoms with Crippen molar-refractivity contribution in [3.63, 3.8) is 0 Å². The maximum atomic E-state index is 5.38. The predicted octanol–water partition coefficient (Wildman–Crippen LogP) is 3.71. The van der Waals surface area contributed by atoms with E-state index in [4.69, 9.17) is 9.05 Å². The summed E-state index contributed by atoms with van der Waals surface area (Å²) >= 11 is 0. The van der Waals surface area contributed by atoms with Crippen LogP contribution < -0.4 is 0 Å². The highest BCUT2D eigenvalue weighted by Gasteiger charge is 2.18. The molecule has 0 aliphatic carbocycles. The monoisotopic (exact) mass is 234 g/mol. The highest BCUT2D eigenvalue weighted by Crippen LogP contribution is 2.38. The van der Waals surface area contributed by atoms with Gasteiger partial charge in [0.05, 0.1) is 10.8 Å². The van der Waals surface area contributed by atoms with Gasteiger partial charge >= 0.3 is 0 Å². The van der Waals surface area contributed by atoms with E-state index in [0.717, 1.165) is 43.7 Å². The third kappa shape index (κ3) is 0.777. The first-order chi connectivity index (χ1) is 8.93. The molecule has 3 aromatic carbocycles. The fraction of sp³-hybridized carbons (Fsp3) is 0. The second-order valence-electron chi connectivity index (χ2n) is 4.42. The van der Waals surface area contributed by atoms with Gasteiger partial charge in [0.2, 0.25) is 0 Å². The Morgan fingerprint density at radius 2 is 1.17 bits per heavy atom. The molecule has 18 heavy (non-hydrogen) atoms. The average Bonchev–Trinajstić information content (AvgIpc) is 3.01. The van der Waals surface area contributed by atoms with Crippen LogP contribution in [0, 0.1) is 0 Å². The van der Waals surface area contributed by atoms with Gasteiger partial charge in [-0.1, -0.05) is 34.6 Å². The SMILES string of the molecule is c1cc2onc3c4cccc5onc(c(c1)c23)c54. The van der Waals surface area contributed by atoms with Crippen LogP contribution in [0.2, 0.25) is 0 Å². The minimum Gasteiger partial charge on any atom is -0.356 e. The zero-order chi connectivity index (χ0) is 11.7. The van der Waals surface area contributed by atoms with Crippen LogP contribution in [-0.4, -0.2) is 10.3 Å².